The first kappa shape index (κ1) is 14.5. The second-order valence-electron chi connectivity index (χ2n) is 6.46. The Labute approximate surface area is 135 Å². The fourth-order valence-corrected chi connectivity index (χ4v) is 3.84. The maximum atomic E-state index is 12.3. The number of fused-ring (bicyclic) bond motifs is 3. The lowest BCUT2D eigenvalue weighted by molar-refractivity contribution is -0.128. The Kier molecular flexibility index (Phi) is 3.28. The molecule has 0 radical (unpaired) electrons. The average Bonchev–Trinajstić information content (AvgIpc) is 2.92. The molecule has 4 rings (SSSR count). The minimum absolute atomic E-state index is 0.0698. The van der Waals surface area contributed by atoms with Crippen LogP contribution >= 0.6 is 0 Å². The number of nitrogens with one attached hydrogen (secondary N) is 2. The molecule has 0 aromatic heterocycles. The topological polar surface area (TPSA) is 67.9 Å². The molecule has 3 heterocycles. The van der Waals surface area contributed by atoms with Crippen molar-refractivity contribution in [3.05, 3.63) is 29.8 Å². The maximum Gasteiger partial charge on any atom is 0.325 e. The Balaban J connectivity index is 1.67. The number of rotatable bonds is 1. The smallest absolute Gasteiger partial charge is 0.325 e. The van der Waals surface area contributed by atoms with Gasteiger partial charge in [0, 0.05) is 25.8 Å². The van der Waals surface area contributed by atoms with E-state index >= 15 is 0 Å². The van der Waals surface area contributed by atoms with Gasteiger partial charge in [-0.2, -0.15) is 0 Å². The van der Waals surface area contributed by atoms with Crippen LogP contribution in [0.5, 0.6) is 0 Å². The van der Waals surface area contributed by atoms with Crippen LogP contribution in [0.1, 0.15) is 12.0 Å². The molecule has 0 aliphatic carbocycles. The number of likely N-dealkylation sites (N-methyl/N-ethyl adjacent to an activating group) is 1. The minimum Gasteiger partial charge on any atom is -0.343 e. The van der Waals surface area contributed by atoms with E-state index in [2.05, 4.69) is 45.6 Å². The quantitative estimate of drug-likeness (QED) is 0.779. The standard InChI is InChI=1S/C16H21N5O2/c1-10-5-3-6-11(9-10)20-7-4-8-21-12-13(17-15(20)21)19(2)16(23)18-14(12)22/h3,5-6,9,12-13,15,17H,4,7-8H2,1-2H3,(H,18,22,23). The van der Waals surface area contributed by atoms with Gasteiger partial charge >= 0.3 is 6.03 Å². The highest BCUT2D eigenvalue weighted by molar-refractivity contribution is 6.00. The van der Waals surface area contributed by atoms with Gasteiger partial charge in [0.2, 0.25) is 5.91 Å². The van der Waals surface area contributed by atoms with Crippen molar-refractivity contribution in [1.29, 1.82) is 0 Å². The Morgan fingerprint density at radius 3 is 2.83 bits per heavy atom. The molecule has 3 aliphatic rings. The molecule has 0 bridgehead atoms. The molecule has 23 heavy (non-hydrogen) atoms. The number of aryl methyl sites for hydroxylation is 1. The van der Waals surface area contributed by atoms with E-state index in [4.69, 9.17) is 0 Å². The lowest BCUT2D eigenvalue weighted by atomic mass is 10.1. The Bertz CT molecular complexity index is 664. The van der Waals surface area contributed by atoms with Crippen LogP contribution in [-0.2, 0) is 4.79 Å². The zero-order valence-electron chi connectivity index (χ0n) is 13.3. The highest BCUT2D eigenvalue weighted by Crippen LogP contribution is 2.31. The fraction of sp³-hybridized carbons (Fsp3) is 0.500. The fourth-order valence-electron chi connectivity index (χ4n) is 3.84. The number of carbonyl (C=O) groups excluding carboxylic acids is 2. The van der Waals surface area contributed by atoms with Crippen molar-refractivity contribution in [2.24, 2.45) is 0 Å². The number of nitrogens with zero attached hydrogens (tertiary/aromatic N) is 3. The minimum atomic E-state index is -0.342. The van der Waals surface area contributed by atoms with E-state index in [0.717, 1.165) is 25.2 Å². The third kappa shape index (κ3) is 2.19. The molecule has 1 aromatic rings. The van der Waals surface area contributed by atoms with Crippen molar-refractivity contribution in [2.45, 2.75) is 31.8 Å². The summed E-state index contributed by atoms with van der Waals surface area (Å²) in [6.07, 6.45) is 0.631. The average molecular weight is 315 g/mol. The molecular formula is C16H21N5O2. The van der Waals surface area contributed by atoms with Gasteiger partial charge in [-0.15, -0.1) is 0 Å². The third-order valence-electron chi connectivity index (χ3n) is 4.97. The Hall–Kier alpha value is -2.12. The van der Waals surface area contributed by atoms with E-state index in [1.165, 1.54) is 5.56 Å². The van der Waals surface area contributed by atoms with Crippen molar-refractivity contribution in [3.63, 3.8) is 0 Å². The summed E-state index contributed by atoms with van der Waals surface area (Å²) in [6.45, 7) is 3.85. The van der Waals surface area contributed by atoms with Crippen molar-refractivity contribution in [3.8, 4) is 0 Å². The summed E-state index contributed by atoms with van der Waals surface area (Å²) >= 11 is 0. The number of anilines is 1. The molecule has 3 unspecified atom stereocenters. The van der Waals surface area contributed by atoms with Crippen molar-refractivity contribution >= 4 is 17.6 Å². The molecule has 3 aliphatic heterocycles. The first-order valence-electron chi connectivity index (χ1n) is 7.99. The predicted octanol–water partition coefficient (Wildman–Crippen LogP) is 0.270. The molecule has 7 nitrogen and oxygen atoms in total. The predicted molar refractivity (Wildman–Crippen MR) is 85.6 cm³/mol. The molecule has 3 fully saturated rings. The summed E-state index contributed by atoms with van der Waals surface area (Å²) < 4.78 is 0. The molecule has 0 spiro atoms. The highest BCUT2D eigenvalue weighted by atomic mass is 16.2. The monoisotopic (exact) mass is 315 g/mol. The zero-order valence-corrected chi connectivity index (χ0v) is 13.3. The zero-order chi connectivity index (χ0) is 16.1. The molecule has 1 aromatic carbocycles. The third-order valence-corrected chi connectivity index (χ3v) is 4.97. The van der Waals surface area contributed by atoms with Gasteiger partial charge in [0.25, 0.3) is 0 Å². The van der Waals surface area contributed by atoms with E-state index in [9.17, 15) is 9.59 Å². The van der Waals surface area contributed by atoms with Crippen molar-refractivity contribution in [2.75, 3.05) is 25.0 Å². The van der Waals surface area contributed by atoms with E-state index in [1.807, 2.05) is 6.07 Å². The summed E-state index contributed by atoms with van der Waals surface area (Å²) in [5.41, 5.74) is 2.35. The van der Waals surface area contributed by atoms with E-state index < -0.39 is 0 Å². The van der Waals surface area contributed by atoms with Crippen LogP contribution in [0.4, 0.5) is 10.5 Å². The van der Waals surface area contributed by atoms with Crippen molar-refractivity contribution in [1.82, 2.24) is 20.4 Å². The first-order chi connectivity index (χ1) is 11.1. The van der Waals surface area contributed by atoms with Crippen LogP contribution in [0, 0.1) is 6.92 Å². The molecule has 3 saturated heterocycles. The number of benzene rings is 1. The molecule has 7 heteroatoms. The number of urea groups is 1. The number of imide groups is 1. The molecule has 3 atom stereocenters. The first-order valence-corrected chi connectivity index (χ1v) is 7.99. The lowest BCUT2D eigenvalue weighted by Gasteiger charge is -2.42. The van der Waals surface area contributed by atoms with Crippen LogP contribution in [0.2, 0.25) is 0 Å². The number of amides is 3. The van der Waals surface area contributed by atoms with Crippen molar-refractivity contribution < 1.29 is 9.59 Å². The summed E-state index contributed by atoms with van der Waals surface area (Å²) in [7, 11) is 1.72. The van der Waals surface area contributed by atoms with E-state index in [1.54, 1.807) is 11.9 Å². The summed E-state index contributed by atoms with van der Waals surface area (Å²) in [5.74, 6) is -0.209. The summed E-state index contributed by atoms with van der Waals surface area (Å²) in [4.78, 5) is 30.2. The normalized spacial score (nSPS) is 31.0. The summed E-state index contributed by atoms with van der Waals surface area (Å²) in [6, 6.07) is 7.69. The van der Waals surface area contributed by atoms with Crippen LogP contribution in [0.15, 0.2) is 24.3 Å². The van der Waals surface area contributed by atoms with E-state index in [-0.39, 0.29) is 30.4 Å². The van der Waals surface area contributed by atoms with Gasteiger partial charge < -0.3 is 9.80 Å². The van der Waals surface area contributed by atoms with Gasteiger partial charge in [-0.3, -0.25) is 20.3 Å². The van der Waals surface area contributed by atoms with Gasteiger partial charge in [0.05, 0.1) is 0 Å². The number of carbonyl (C=O) groups is 2. The van der Waals surface area contributed by atoms with Gasteiger partial charge in [0.1, 0.15) is 18.5 Å². The van der Waals surface area contributed by atoms with Crippen LogP contribution in [0.3, 0.4) is 0 Å². The van der Waals surface area contributed by atoms with Crippen LogP contribution in [-0.4, -0.2) is 60.4 Å². The maximum absolute atomic E-state index is 12.3. The second-order valence-corrected chi connectivity index (χ2v) is 6.46. The second kappa shape index (κ2) is 5.21. The Morgan fingerprint density at radius 1 is 1.22 bits per heavy atom. The lowest BCUT2D eigenvalue weighted by Crippen LogP contribution is -2.65. The molecule has 0 saturated carbocycles. The number of hydrogen-bond donors (Lipinski definition) is 2. The van der Waals surface area contributed by atoms with E-state index in [0.29, 0.717) is 0 Å². The SMILES string of the molecule is Cc1cccc(N2CCCN3C4C(=O)NC(=O)N(C)C4NC23)c1. The molecular weight excluding hydrogens is 294 g/mol. The molecule has 3 amide bonds. The molecule has 122 valence electrons. The number of hydrogen-bond acceptors (Lipinski definition) is 5. The van der Waals surface area contributed by atoms with Gasteiger partial charge in [-0.1, -0.05) is 12.1 Å². The van der Waals surface area contributed by atoms with Gasteiger partial charge in [0.15, 0.2) is 0 Å². The highest BCUT2D eigenvalue weighted by Gasteiger charge is 2.53. The van der Waals surface area contributed by atoms with Crippen LogP contribution in [0.25, 0.3) is 0 Å². The largest absolute Gasteiger partial charge is 0.343 e. The van der Waals surface area contributed by atoms with Gasteiger partial charge in [-0.05, 0) is 31.0 Å². The Morgan fingerprint density at radius 2 is 2.04 bits per heavy atom. The van der Waals surface area contributed by atoms with Crippen LogP contribution < -0.4 is 15.5 Å². The van der Waals surface area contributed by atoms with Gasteiger partial charge in [-0.25, -0.2) is 4.79 Å². The molecule has 2 N–H and O–H groups in total. The summed E-state index contributed by atoms with van der Waals surface area (Å²) in [5, 5.41) is 5.91.